The molecule has 0 saturated carbocycles. The lowest BCUT2D eigenvalue weighted by Gasteiger charge is -2.10. The fraction of sp³-hybridized carbons (Fsp3) is 0.528. The van der Waals surface area contributed by atoms with E-state index in [4.69, 9.17) is 45.6 Å². The highest BCUT2D eigenvalue weighted by Gasteiger charge is 2.26. The van der Waals surface area contributed by atoms with Crippen molar-refractivity contribution in [3.8, 4) is 57.3 Å². The van der Waals surface area contributed by atoms with Gasteiger partial charge in [0.15, 0.2) is 11.6 Å². The predicted molar refractivity (Wildman–Crippen MR) is 427 cm³/mol. The van der Waals surface area contributed by atoms with Crippen LogP contribution in [0.25, 0.3) is 66.9 Å². The quantitative estimate of drug-likeness (QED) is 0.0277. The van der Waals surface area contributed by atoms with Crippen LogP contribution >= 0.6 is 11.5 Å². The number of fused-ring (bicyclic) bond motifs is 15. The minimum absolute atomic E-state index is 0.527. The summed E-state index contributed by atoms with van der Waals surface area (Å²) in [5.41, 5.74) is 8.29. The molecule has 0 spiro atoms. The molecule has 534 valence electrons. The van der Waals surface area contributed by atoms with Gasteiger partial charge in [-0.25, -0.2) is 19.9 Å². The molecule has 0 N–H and O–H groups in total. The monoisotopic (exact) mass is 1370 g/mol. The van der Waals surface area contributed by atoms with Crippen LogP contribution in [0, 0.1) is 0 Å². The van der Waals surface area contributed by atoms with E-state index < -0.39 is 6.26 Å². The van der Waals surface area contributed by atoms with E-state index in [0.29, 0.717) is 40.1 Å². The fourth-order valence-corrected chi connectivity index (χ4v) is 15.2. The van der Waals surface area contributed by atoms with E-state index in [1.807, 2.05) is 30.5 Å². The Morgan fingerprint density at radius 1 is 0.300 bits per heavy atom. The van der Waals surface area contributed by atoms with Gasteiger partial charge in [0.1, 0.15) is 57.1 Å². The second-order valence-corrected chi connectivity index (χ2v) is 29.9. The van der Waals surface area contributed by atoms with Crippen LogP contribution in [-0.2, 0) is 26.3 Å². The summed E-state index contributed by atoms with van der Waals surface area (Å²) in [6, 6.07) is 44.5. The zero-order chi connectivity index (χ0) is 69.4. The molecule has 0 atom stereocenters. The molecule has 9 nitrogen and oxygen atoms in total. The molecule has 0 unspecified atom stereocenters. The summed E-state index contributed by atoms with van der Waals surface area (Å²) < 4.78 is 24.5. The van der Waals surface area contributed by atoms with E-state index in [2.05, 4.69) is 141 Å². The molecule has 4 heterocycles. The molecule has 3 aromatic heterocycles. The largest absolute Gasteiger partial charge is 0.457 e. The second-order valence-electron chi connectivity index (χ2n) is 29.2. The number of unbranched alkanes of at least 4 members (excludes halogenated alkanes) is 36. The van der Waals surface area contributed by atoms with Crippen molar-refractivity contribution in [2.24, 2.45) is 7.05 Å². The van der Waals surface area contributed by atoms with Crippen molar-refractivity contribution in [2.45, 2.75) is 297 Å². The van der Waals surface area contributed by atoms with Crippen LogP contribution in [0.15, 0.2) is 127 Å². The van der Waals surface area contributed by atoms with Crippen LogP contribution < -0.4 is 14.2 Å². The Hall–Kier alpha value is -6.91. The molecular weight excluding hydrogens is 1250 g/mol. The topological polar surface area (TPSA) is 89.1 Å². The standard InChI is InChI=1S/C89H120BClN6O3/c1-6-9-12-15-18-21-24-27-30-33-36-39-42-48-69-51-45-54-72(63-69)98-75-57-60-78-81(66-75)85-92-84(78)94-89-83-68-77(100-74-56-47-53-71(65-74)50-44-41-38-35-32-29-26-23-20-17-14-11-8-3)59-62-80(83)88(97(89)90(4)91)95-86-79-61-58-76(67-82(79)87(93-85)96(86)5)99-73-55-46-52-70(64-73)49-43-40-37-34-31-28-25-22-19-16-13-10-7-2/h45-47,51-68H,6-44,48-50H2,1-5H3. The first-order chi connectivity index (χ1) is 49.3. The third kappa shape index (κ3) is 23.1. The predicted octanol–water partition coefficient (Wildman–Crippen LogP) is 28.3. The van der Waals surface area contributed by atoms with Gasteiger partial charge in [0.2, 0.25) is 0 Å². The van der Waals surface area contributed by atoms with Gasteiger partial charge in [0.25, 0.3) is 0 Å². The van der Waals surface area contributed by atoms with Crippen molar-refractivity contribution in [1.82, 2.24) is 29.0 Å². The van der Waals surface area contributed by atoms with Crippen LogP contribution in [0.4, 0.5) is 0 Å². The number of aromatic nitrogens is 6. The van der Waals surface area contributed by atoms with Crippen LogP contribution in [0.3, 0.4) is 0 Å². The molecule has 1 aliphatic rings. The first-order valence-corrected chi connectivity index (χ1v) is 40.7. The van der Waals surface area contributed by atoms with Crippen molar-refractivity contribution in [3.63, 3.8) is 0 Å². The molecule has 0 amide bonds. The Labute approximate surface area is 607 Å². The van der Waals surface area contributed by atoms with Crippen molar-refractivity contribution in [1.29, 1.82) is 0 Å². The highest BCUT2D eigenvalue weighted by atomic mass is 35.5. The van der Waals surface area contributed by atoms with Crippen LogP contribution in [0.1, 0.15) is 288 Å². The maximum atomic E-state index is 7.40. The molecule has 0 radical (unpaired) electrons. The van der Waals surface area contributed by atoms with E-state index in [9.17, 15) is 0 Å². The summed E-state index contributed by atoms with van der Waals surface area (Å²) in [5.74, 6) is 5.61. The van der Waals surface area contributed by atoms with Crippen LogP contribution in [0.2, 0.25) is 6.82 Å². The second kappa shape index (κ2) is 41.9. The summed E-state index contributed by atoms with van der Waals surface area (Å²) in [6.07, 6.45) is 55.2. The molecule has 1 aliphatic heterocycles. The van der Waals surface area contributed by atoms with Gasteiger partial charge in [-0.15, -0.1) is 0 Å². The molecule has 6 bridgehead atoms. The molecule has 0 fully saturated rings. The van der Waals surface area contributed by atoms with E-state index in [0.717, 1.165) is 80.6 Å². The average molecular weight is 1370 g/mol. The van der Waals surface area contributed by atoms with E-state index in [1.54, 1.807) is 0 Å². The van der Waals surface area contributed by atoms with Gasteiger partial charge in [-0.2, -0.15) is 11.5 Å². The minimum Gasteiger partial charge on any atom is -0.457 e. The van der Waals surface area contributed by atoms with Gasteiger partial charge in [-0.3, -0.25) is 0 Å². The van der Waals surface area contributed by atoms with Gasteiger partial charge >= 0.3 is 6.26 Å². The number of hydrogen-bond donors (Lipinski definition) is 0. The van der Waals surface area contributed by atoms with E-state index in [1.165, 1.54) is 267 Å². The summed E-state index contributed by atoms with van der Waals surface area (Å²) in [5, 5.41) is 3.55. The van der Waals surface area contributed by atoms with E-state index in [-0.39, 0.29) is 0 Å². The number of benzene rings is 6. The third-order valence-electron chi connectivity index (χ3n) is 20.8. The van der Waals surface area contributed by atoms with E-state index >= 15 is 0 Å². The van der Waals surface area contributed by atoms with Crippen LogP contribution in [-0.4, -0.2) is 35.2 Å². The summed E-state index contributed by atoms with van der Waals surface area (Å²) >= 11 is 7.40. The Kier molecular flexibility index (Phi) is 31.7. The number of nitrogens with zero attached hydrogens (tertiary/aromatic N) is 6. The fourth-order valence-electron chi connectivity index (χ4n) is 15.0. The molecule has 10 rings (SSSR count). The minimum atomic E-state index is -0.545. The summed E-state index contributed by atoms with van der Waals surface area (Å²) in [7, 11) is 2.04. The lowest BCUT2D eigenvalue weighted by atomic mass is 9.97. The normalized spacial score (nSPS) is 11.8. The Morgan fingerprint density at radius 2 is 0.600 bits per heavy atom. The first-order valence-electron chi connectivity index (χ1n) is 40.3. The number of rotatable bonds is 49. The Morgan fingerprint density at radius 3 is 0.990 bits per heavy atom. The number of halogens is 1. The molecule has 0 saturated heterocycles. The molecule has 9 aromatic rings. The molecular formula is C89H120BClN6O3. The smallest absolute Gasteiger partial charge is 0.364 e. The highest BCUT2D eigenvalue weighted by molar-refractivity contribution is 7.05. The first kappa shape index (κ1) is 75.8. The van der Waals surface area contributed by atoms with Crippen molar-refractivity contribution in [3.05, 3.63) is 144 Å². The van der Waals surface area contributed by atoms with Crippen molar-refractivity contribution >= 4 is 61.9 Å². The number of aryl methyl sites for hydroxylation is 4. The van der Waals surface area contributed by atoms with Crippen LogP contribution in [0.5, 0.6) is 34.5 Å². The maximum Gasteiger partial charge on any atom is 0.364 e. The average Bonchev–Trinajstić information content (AvgIpc) is 1.58. The van der Waals surface area contributed by atoms with Crippen molar-refractivity contribution in [2.75, 3.05) is 0 Å². The Bertz CT molecular complexity index is 4000. The zero-order valence-corrected chi connectivity index (χ0v) is 62.9. The lowest BCUT2D eigenvalue weighted by Crippen LogP contribution is -2.13. The highest BCUT2D eigenvalue weighted by Crippen LogP contribution is 2.41. The summed E-state index contributed by atoms with van der Waals surface area (Å²) in [6.45, 7) is 8.86. The molecule has 100 heavy (non-hydrogen) atoms. The number of ether oxygens (including phenoxy) is 3. The SMILES string of the molecule is CCCCCCCCCCCCCCCc1cccc(Oc2ccc3c(c2)-c2nc-3nc3c4cc(Oc5cccc(CCCCCCCCCCCCCCC)c5)ccc4c(nc4c5ccc(Oc6cccc(CCCCCCCCCCCCCCC)c6)cc5c(n2)n4C)n3B(C)Cl)c1. The third-order valence-corrected chi connectivity index (χ3v) is 21.0. The summed E-state index contributed by atoms with van der Waals surface area (Å²) in [4.78, 5) is 22.0. The van der Waals surface area contributed by atoms with Gasteiger partial charge < -0.3 is 23.3 Å². The maximum absolute atomic E-state index is 7.40. The molecule has 0 aliphatic carbocycles. The molecule has 6 aromatic carbocycles. The number of hydrogen-bond acceptors (Lipinski definition) is 7. The van der Waals surface area contributed by atoms with Gasteiger partial charge in [0, 0.05) is 39.7 Å². The van der Waals surface area contributed by atoms with Gasteiger partial charge in [-0.05, 0) is 153 Å². The lowest BCUT2D eigenvalue weighted by molar-refractivity contribution is 0.481. The van der Waals surface area contributed by atoms with Crippen molar-refractivity contribution < 1.29 is 14.2 Å². The molecule has 11 heteroatoms. The zero-order valence-electron chi connectivity index (χ0n) is 62.2. The van der Waals surface area contributed by atoms with Gasteiger partial charge in [0.05, 0.1) is 0 Å². The Balaban J connectivity index is 0.893. The van der Waals surface area contributed by atoms with Gasteiger partial charge in [-0.1, -0.05) is 288 Å².